The van der Waals surface area contributed by atoms with Crippen LogP contribution in [-0.4, -0.2) is 25.6 Å². The van der Waals surface area contributed by atoms with E-state index in [-0.39, 0.29) is 16.8 Å². The van der Waals surface area contributed by atoms with Crippen LogP contribution >= 0.6 is 11.6 Å². The summed E-state index contributed by atoms with van der Waals surface area (Å²) in [6.07, 6.45) is 1.54. The number of hydrogen-bond acceptors (Lipinski definition) is 5. The van der Waals surface area contributed by atoms with Gasteiger partial charge in [0.2, 0.25) is 10.0 Å². The molecule has 3 rings (SSSR count). The van der Waals surface area contributed by atoms with Crippen molar-refractivity contribution in [2.24, 2.45) is 0 Å². The van der Waals surface area contributed by atoms with E-state index in [4.69, 9.17) is 11.6 Å². The van der Waals surface area contributed by atoms with Crippen LogP contribution in [0.5, 0.6) is 0 Å². The van der Waals surface area contributed by atoms with Crippen LogP contribution in [0, 0.1) is 5.82 Å². The predicted molar refractivity (Wildman–Crippen MR) is 102 cm³/mol. The number of sulfonamides is 1. The van der Waals surface area contributed by atoms with Crippen LogP contribution in [0.25, 0.3) is 0 Å². The van der Waals surface area contributed by atoms with Gasteiger partial charge in [-0.15, -0.1) is 0 Å². The molecule has 1 aromatic carbocycles. The van der Waals surface area contributed by atoms with Gasteiger partial charge in [-0.2, -0.15) is 0 Å². The molecule has 27 heavy (non-hydrogen) atoms. The average Bonchev–Trinajstić information content (AvgIpc) is 2.55. The van der Waals surface area contributed by atoms with Crippen LogP contribution in [0.15, 0.2) is 30.3 Å². The maximum absolute atomic E-state index is 13.5. The predicted octanol–water partition coefficient (Wildman–Crippen LogP) is 3.40. The van der Waals surface area contributed by atoms with Gasteiger partial charge in [0.1, 0.15) is 11.5 Å². The van der Waals surface area contributed by atoms with E-state index < -0.39 is 27.2 Å². The number of hydrogen-bond donors (Lipinski definition) is 2. The summed E-state index contributed by atoms with van der Waals surface area (Å²) in [5, 5.41) is 3.40. The number of aromatic nitrogens is 1. The molecule has 6 nitrogen and oxygen atoms in total. The number of halogens is 2. The Labute approximate surface area is 162 Å². The molecular formula is C18H19ClFN3O3S. The van der Waals surface area contributed by atoms with Crippen molar-refractivity contribution in [3.63, 3.8) is 0 Å². The first-order valence-corrected chi connectivity index (χ1v) is 10.5. The van der Waals surface area contributed by atoms with E-state index in [1.807, 2.05) is 18.6 Å². The topological polar surface area (TPSA) is 88.2 Å². The molecule has 0 saturated carbocycles. The lowest BCUT2D eigenvalue weighted by Crippen LogP contribution is -2.34. The van der Waals surface area contributed by atoms with Crippen LogP contribution in [0.1, 0.15) is 48.1 Å². The van der Waals surface area contributed by atoms with Gasteiger partial charge in [0, 0.05) is 5.41 Å². The Morgan fingerprint density at radius 3 is 2.67 bits per heavy atom. The number of amides is 1. The Morgan fingerprint density at radius 2 is 2.04 bits per heavy atom. The molecule has 0 saturated heterocycles. The Balaban J connectivity index is 1.94. The van der Waals surface area contributed by atoms with Gasteiger partial charge in [-0.3, -0.25) is 4.79 Å². The number of carbonyl (C=O) groups is 1. The van der Waals surface area contributed by atoms with Crippen molar-refractivity contribution < 1.29 is 17.6 Å². The number of fused-ring (bicyclic) bond motifs is 1. The summed E-state index contributed by atoms with van der Waals surface area (Å²) >= 11 is 5.90. The van der Waals surface area contributed by atoms with Crippen molar-refractivity contribution in [2.75, 3.05) is 11.6 Å². The highest BCUT2D eigenvalue weighted by molar-refractivity contribution is 7.89. The highest BCUT2D eigenvalue weighted by atomic mass is 35.5. The minimum Gasteiger partial charge on any atom is -0.377 e. The van der Waals surface area contributed by atoms with Gasteiger partial charge in [0.25, 0.3) is 5.91 Å². The molecular weight excluding hydrogens is 393 g/mol. The fourth-order valence-electron chi connectivity index (χ4n) is 3.21. The molecule has 0 aliphatic carbocycles. The van der Waals surface area contributed by atoms with Crippen molar-refractivity contribution in [2.45, 2.75) is 31.7 Å². The first-order chi connectivity index (χ1) is 12.5. The molecule has 0 radical (unpaired) electrons. The van der Waals surface area contributed by atoms with Crippen molar-refractivity contribution >= 4 is 33.2 Å². The maximum Gasteiger partial charge on any atom is 0.283 e. The number of carbonyl (C=O) groups excluding carboxylic acids is 1. The fraction of sp³-hybridized carbons (Fsp3) is 0.333. The highest BCUT2D eigenvalue weighted by Gasteiger charge is 2.35. The molecule has 1 aliphatic heterocycles. The molecule has 1 aromatic heterocycles. The Morgan fingerprint density at radius 1 is 1.33 bits per heavy atom. The lowest BCUT2D eigenvalue weighted by Gasteiger charge is -2.38. The summed E-state index contributed by atoms with van der Waals surface area (Å²) < 4.78 is 37.9. The first-order valence-electron chi connectivity index (χ1n) is 8.21. The second-order valence-electron chi connectivity index (χ2n) is 7.25. The average molecular weight is 412 g/mol. The van der Waals surface area contributed by atoms with E-state index in [0.29, 0.717) is 12.1 Å². The third kappa shape index (κ3) is 4.22. The molecule has 2 N–H and O–H groups in total. The summed E-state index contributed by atoms with van der Waals surface area (Å²) in [6, 6.07) is 7.65. The van der Waals surface area contributed by atoms with E-state index >= 15 is 0 Å². The molecule has 0 bridgehead atoms. The normalized spacial score (nSPS) is 18.3. The molecule has 2 aromatic rings. The number of benzene rings is 1. The molecule has 1 unspecified atom stereocenters. The summed E-state index contributed by atoms with van der Waals surface area (Å²) in [5.74, 6) is -1.25. The van der Waals surface area contributed by atoms with Crippen LogP contribution in [0.2, 0.25) is 5.02 Å². The summed E-state index contributed by atoms with van der Waals surface area (Å²) in [4.78, 5) is 16.5. The van der Waals surface area contributed by atoms with E-state index in [9.17, 15) is 17.6 Å². The Hall–Kier alpha value is -2.19. The molecule has 0 fully saturated rings. The van der Waals surface area contributed by atoms with E-state index in [2.05, 4.69) is 10.3 Å². The van der Waals surface area contributed by atoms with Crippen molar-refractivity contribution in [1.82, 2.24) is 9.71 Å². The summed E-state index contributed by atoms with van der Waals surface area (Å²) in [5.41, 5.74) is 1.85. The molecule has 1 amide bonds. The minimum atomic E-state index is -3.67. The van der Waals surface area contributed by atoms with E-state index in [1.165, 1.54) is 12.1 Å². The monoisotopic (exact) mass is 411 g/mol. The minimum absolute atomic E-state index is 0.0253. The van der Waals surface area contributed by atoms with Gasteiger partial charge in [0.15, 0.2) is 0 Å². The zero-order valence-corrected chi connectivity index (χ0v) is 16.6. The standard InChI is InChI=1S/C18H19ClFN3O3S/c1-18(2)9-15(10-4-5-12(20)11(19)8-10)21-13-6-7-14(22-16(13)18)17(24)23-27(3,25)26/h4-8,15,21H,9H2,1-3H3,(H,23,24). The fourth-order valence-corrected chi connectivity index (χ4v) is 3.85. The highest BCUT2D eigenvalue weighted by Crippen LogP contribution is 2.43. The molecule has 9 heteroatoms. The molecule has 2 heterocycles. The Kier molecular flexibility index (Phi) is 4.90. The van der Waals surface area contributed by atoms with Gasteiger partial charge in [-0.05, 0) is 36.2 Å². The quantitative estimate of drug-likeness (QED) is 0.808. The van der Waals surface area contributed by atoms with Crippen LogP contribution in [0.3, 0.4) is 0 Å². The van der Waals surface area contributed by atoms with Gasteiger partial charge in [-0.1, -0.05) is 31.5 Å². The second kappa shape index (κ2) is 6.76. The largest absolute Gasteiger partial charge is 0.377 e. The Bertz CT molecular complexity index is 1020. The van der Waals surface area contributed by atoms with Crippen LogP contribution in [-0.2, 0) is 15.4 Å². The van der Waals surface area contributed by atoms with Gasteiger partial charge < -0.3 is 5.32 Å². The molecule has 0 spiro atoms. The van der Waals surface area contributed by atoms with Crippen LogP contribution in [0.4, 0.5) is 10.1 Å². The lowest BCUT2D eigenvalue weighted by atomic mass is 9.76. The number of pyridine rings is 1. The van der Waals surface area contributed by atoms with Crippen molar-refractivity contribution in [3.8, 4) is 0 Å². The van der Waals surface area contributed by atoms with Gasteiger partial charge in [0.05, 0.1) is 28.7 Å². The molecule has 1 atom stereocenters. The zero-order chi connectivity index (χ0) is 20.0. The van der Waals surface area contributed by atoms with E-state index in [1.54, 1.807) is 18.2 Å². The number of nitrogens with zero attached hydrogens (tertiary/aromatic N) is 1. The zero-order valence-electron chi connectivity index (χ0n) is 15.0. The maximum atomic E-state index is 13.5. The van der Waals surface area contributed by atoms with Gasteiger partial charge in [-0.25, -0.2) is 22.5 Å². The van der Waals surface area contributed by atoms with E-state index in [0.717, 1.165) is 17.5 Å². The summed E-state index contributed by atoms with van der Waals surface area (Å²) in [6.45, 7) is 3.96. The summed E-state index contributed by atoms with van der Waals surface area (Å²) in [7, 11) is -3.67. The van der Waals surface area contributed by atoms with Gasteiger partial charge >= 0.3 is 0 Å². The third-order valence-corrected chi connectivity index (χ3v) is 5.28. The number of rotatable bonds is 3. The second-order valence-corrected chi connectivity index (χ2v) is 9.41. The number of anilines is 1. The molecule has 1 aliphatic rings. The first kappa shape index (κ1) is 19.6. The SMILES string of the molecule is CC1(C)CC(c2ccc(F)c(Cl)c2)Nc2ccc(C(=O)NS(C)(=O)=O)nc21. The van der Waals surface area contributed by atoms with Crippen molar-refractivity contribution in [1.29, 1.82) is 0 Å². The lowest BCUT2D eigenvalue weighted by molar-refractivity contribution is 0.0976. The molecule has 144 valence electrons. The third-order valence-electron chi connectivity index (χ3n) is 4.44. The van der Waals surface area contributed by atoms with Crippen LogP contribution < -0.4 is 10.0 Å². The smallest absolute Gasteiger partial charge is 0.283 e. The number of nitrogens with one attached hydrogen (secondary N) is 2. The van der Waals surface area contributed by atoms with Crippen molar-refractivity contribution in [3.05, 3.63) is 58.1 Å².